The minimum atomic E-state index is -4.66. The van der Waals surface area contributed by atoms with Crippen LogP contribution in [0, 0.1) is 17.5 Å². The van der Waals surface area contributed by atoms with Crippen molar-refractivity contribution in [3.63, 3.8) is 0 Å². The maximum atomic E-state index is 13.9. The van der Waals surface area contributed by atoms with Crippen LogP contribution in [0.15, 0.2) is 17.3 Å². The van der Waals surface area contributed by atoms with Crippen molar-refractivity contribution in [2.24, 2.45) is 5.16 Å². The number of fused-ring (bicyclic) bond motifs is 1. The van der Waals surface area contributed by atoms with Crippen molar-refractivity contribution < 1.29 is 36.0 Å². The van der Waals surface area contributed by atoms with E-state index in [0.29, 0.717) is 12.1 Å². The summed E-state index contributed by atoms with van der Waals surface area (Å²) >= 11 is 0. The zero-order valence-electron chi connectivity index (χ0n) is 15.5. The standard InChI is InChI=1S/C17H15F6N5O2/c1-30-26-10(4-9-5-12(19)13(20)7-11(9)18)6-15(29)27-2-3-28-14(8-27)24-25-16(28)17(21,22)23/h5,7H,2-4,6,8H2,1H3/b26-10-. The molecular weight excluding hydrogens is 420 g/mol. The third kappa shape index (κ3) is 4.54. The lowest BCUT2D eigenvalue weighted by molar-refractivity contribution is -0.148. The van der Waals surface area contributed by atoms with Crippen molar-refractivity contribution in [1.29, 1.82) is 0 Å². The van der Waals surface area contributed by atoms with Crippen LogP contribution >= 0.6 is 0 Å². The van der Waals surface area contributed by atoms with Gasteiger partial charge in [0.2, 0.25) is 11.7 Å². The van der Waals surface area contributed by atoms with E-state index in [2.05, 4.69) is 20.2 Å². The van der Waals surface area contributed by atoms with Gasteiger partial charge in [-0.3, -0.25) is 4.79 Å². The fraction of sp³-hybridized carbons (Fsp3) is 0.412. The molecule has 1 aromatic carbocycles. The molecule has 0 saturated heterocycles. The molecule has 1 aromatic heterocycles. The van der Waals surface area contributed by atoms with Gasteiger partial charge in [-0.2, -0.15) is 13.2 Å². The summed E-state index contributed by atoms with van der Waals surface area (Å²) in [5.74, 6) is -5.33. The summed E-state index contributed by atoms with van der Waals surface area (Å²) in [4.78, 5) is 18.5. The Labute approximate surface area is 165 Å². The summed E-state index contributed by atoms with van der Waals surface area (Å²) in [6.07, 6.45) is -5.36. The van der Waals surface area contributed by atoms with Gasteiger partial charge in [-0.25, -0.2) is 13.2 Å². The van der Waals surface area contributed by atoms with Crippen LogP contribution in [0.25, 0.3) is 0 Å². The highest BCUT2D eigenvalue weighted by molar-refractivity contribution is 6.01. The van der Waals surface area contributed by atoms with Crippen LogP contribution in [0.3, 0.4) is 0 Å². The Balaban J connectivity index is 1.71. The maximum absolute atomic E-state index is 13.9. The first-order valence-corrected chi connectivity index (χ1v) is 8.59. The van der Waals surface area contributed by atoms with E-state index in [1.54, 1.807) is 0 Å². The highest BCUT2D eigenvalue weighted by Gasteiger charge is 2.40. The molecule has 0 bridgehead atoms. The van der Waals surface area contributed by atoms with E-state index in [0.717, 1.165) is 4.57 Å². The average Bonchev–Trinajstić information content (AvgIpc) is 3.09. The zero-order valence-corrected chi connectivity index (χ0v) is 15.5. The number of nitrogens with zero attached hydrogens (tertiary/aromatic N) is 5. The van der Waals surface area contributed by atoms with E-state index in [1.807, 2.05) is 0 Å². The molecule has 7 nitrogen and oxygen atoms in total. The molecule has 0 unspecified atom stereocenters. The zero-order chi connectivity index (χ0) is 22.1. The number of benzene rings is 1. The Morgan fingerprint density at radius 1 is 1.13 bits per heavy atom. The first-order chi connectivity index (χ1) is 14.1. The average molecular weight is 435 g/mol. The second kappa shape index (κ2) is 8.32. The second-order valence-corrected chi connectivity index (χ2v) is 6.46. The minimum absolute atomic E-state index is 0.0235. The third-order valence-corrected chi connectivity index (χ3v) is 4.42. The molecule has 13 heteroatoms. The Morgan fingerprint density at radius 2 is 1.83 bits per heavy atom. The number of carbonyl (C=O) groups is 1. The van der Waals surface area contributed by atoms with Gasteiger partial charge in [0.25, 0.3) is 0 Å². The largest absolute Gasteiger partial charge is 0.451 e. The van der Waals surface area contributed by atoms with Crippen molar-refractivity contribution in [1.82, 2.24) is 19.7 Å². The summed E-state index contributed by atoms with van der Waals surface area (Å²) in [5.41, 5.74) is -0.207. The molecule has 2 heterocycles. The smallest absolute Gasteiger partial charge is 0.399 e. The van der Waals surface area contributed by atoms with Crippen LogP contribution < -0.4 is 0 Å². The molecule has 0 N–H and O–H groups in total. The van der Waals surface area contributed by atoms with Crippen molar-refractivity contribution in [2.45, 2.75) is 32.1 Å². The summed E-state index contributed by atoms with van der Waals surface area (Å²) in [5, 5.41) is 10.3. The van der Waals surface area contributed by atoms with E-state index in [-0.39, 0.29) is 49.6 Å². The van der Waals surface area contributed by atoms with E-state index in [4.69, 9.17) is 0 Å². The summed E-state index contributed by atoms with van der Waals surface area (Å²) in [7, 11) is 1.19. The van der Waals surface area contributed by atoms with Gasteiger partial charge < -0.3 is 14.3 Å². The monoisotopic (exact) mass is 435 g/mol. The highest BCUT2D eigenvalue weighted by atomic mass is 19.4. The van der Waals surface area contributed by atoms with Crippen molar-refractivity contribution in [2.75, 3.05) is 13.7 Å². The number of alkyl halides is 3. The number of hydrogen-bond acceptors (Lipinski definition) is 5. The molecule has 162 valence electrons. The number of hydrogen-bond donors (Lipinski definition) is 0. The number of rotatable bonds is 5. The number of halogens is 6. The predicted molar refractivity (Wildman–Crippen MR) is 89.5 cm³/mol. The molecular formula is C17H15F6N5O2. The van der Waals surface area contributed by atoms with Crippen LogP contribution in [0.1, 0.15) is 23.6 Å². The predicted octanol–water partition coefficient (Wildman–Crippen LogP) is 2.69. The third-order valence-electron chi connectivity index (χ3n) is 4.42. The highest BCUT2D eigenvalue weighted by Crippen LogP contribution is 2.29. The van der Waals surface area contributed by atoms with Crippen LogP contribution in [0.4, 0.5) is 26.3 Å². The number of oxime groups is 1. The van der Waals surface area contributed by atoms with Gasteiger partial charge in [-0.15, -0.1) is 10.2 Å². The van der Waals surface area contributed by atoms with Gasteiger partial charge in [0.1, 0.15) is 12.9 Å². The maximum Gasteiger partial charge on any atom is 0.451 e. The van der Waals surface area contributed by atoms with E-state index in [1.165, 1.54) is 12.0 Å². The Kier molecular flexibility index (Phi) is 5.99. The number of amides is 1. The molecule has 0 fully saturated rings. The molecule has 0 atom stereocenters. The molecule has 1 aliphatic rings. The lowest BCUT2D eigenvalue weighted by atomic mass is 10.0. The summed E-state index contributed by atoms with van der Waals surface area (Å²) in [6.45, 7) is -0.397. The summed E-state index contributed by atoms with van der Waals surface area (Å²) in [6, 6.07) is 1.04. The summed E-state index contributed by atoms with van der Waals surface area (Å²) < 4.78 is 79.9. The molecule has 3 rings (SSSR count). The molecule has 0 radical (unpaired) electrons. The SMILES string of the molecule is CO/N=C(\CC(=O)N1CCn2c(nnc2C(F)(F)F)C1)Cc1cc(F)c(F)cc1F. The van der Waals surface area contributed by atoms with Gasteiger partial charge in [0.15, 0.2) is 17.5 Å². The molecule has 1 amide bonds. The minimum Gasteiger partial charge on any atom is -0.399 e. The number of aromatic nitrogens is 3. The van der Waals surface area contributed by atoms with Crippen molar-refractivity contribution >= 4 is 11.6 Å². The Morgan fingerprint density at radius 3 is 2.50 bits per heavy atom. The van der Waals surface area contributed by atoms with Crippen LogP contribution in [-0.2, 0) is 35.3 Å². The van der Waals surface area contributed by atoms with E-state index >= 15 is 0 Å². The Bertz CT molecular complexity index is 988. The molecule has 30 heavy (non-hydrogen) atoms. The fourth-order valence-electron chi connectivity index (χ4n) is 3.04. The first kappa shape index (κ1) is 21.6. The fourth-order valence-corrected chi connectivity index (χ4v) is 3.04. The molecule has 2 aromatic rings. The molecule has 0 aliphatic carbocycles. The number of carbonyl (C=O) groups excluding carboxylic acids is 1. The molecule has 1 aliphatic heterocycles. The lowest BCUT2D eigenvalue weighted by Gasteiger charge is -2.28. The van der Waals surface area contributed by atoms with Crippen LogP contribution in [0.5, 0.6) is 0 Å². The quantitative estimate of drug-likeness (QED) is 0.313. The van der Waals surface area contributed by atoms with Crippen molar-refractivity contribution in [3.8, 4) is 0 Å². The van der Waals surface area contributed by atoms with Gasteiger partial charge in [0, 0.05) is 25.6 Å². The van der Waals surface area contributed by atoms with Crippen molar-refractivity contribution in [3.05, 3.63) is 46.8 Å². The normalized spacial score (nSPS) is 14.6. The van der Waals surface area contributed by atoms with E-state index in [9.17, 15) is 31.1 Å². The topological polar surface area (TPSA) is 72.6 Å². The lowest BCUT2D eigenvalue weighted by Crippen LogP contribution is -2.40. The van der Waals surface area contributed by atoms with Crippen LogP contribution in [-0.4, -0.2) is 44.9 Å². The van der Waals surface area contributed by atoms with Crippen LogP contribution in [0.2, 0.25) is 0 Å². The van der Waals surface area contributed by atoms with Gasteiger partial charge in [0.05, 0.1) is 18.7 Å². The van der Waals surface area contributed by atoms with Gasteiger partial charge in [-0.1, -0.05) is 5.16 Å². The van der Waals surface area contributed by atoms with Gasteiger partial charge in [-0.05, 0) is 11.6 Å². The van der Waals surface area contributed by atoms with E-state index < -0.39 is 35.4 Å². The molecule has 0 saturated carbocycles. The molecule has 0 spiro atoms. The first-order valence-electron chi connectivity index (χ1n) is 8.59. The van der Waals surface area contributed by atoms with Gasteiger partial charge >= 0.3 is 6.18 Å². The second-order valence-electron chi connectivity index (χ2n) is 6.46. The Hall–Kier alpha value is -3.12.